The molecule has 10 nitrogen and oxygen atoms in total. The summed E-state index contributed by atoms with van der Waals surface area (Å²) in [6.45, 7) is 3.25. The molecule has 0 bridgehead atoms. The van der Waals surface area contributed by atoms with Crippen molar-refractivity contribution in [3.8, 4) is 6.19 Å². The van der Waals surface area contributed by atoms with Crippen LogP contribution in [0.4, 0.5) is 5.13 Å². The lowest BCUT2D eigenvalue weighted by Crippen LogP contribution is -2.35. The number of hydrogen-bond donors (Lipinski definition) is 5. The summed E-state index contributed by atoms with van der Waals surface area (Å²) < 4.78 is 0. The van der Waals surface area contributed by atoms with Crippen molar-refractivity contribution < 1.29 is 0 Å². The zero-order chi connectivity index (χ0) is 29.3. The van der Waals surface area contributed by atoms with E-state index in [1.165, 1.54) is 16.9 Å². The number of benzene rings is 1. The third-order valence-electron chi connectivity index (χ3n) is 6.10. The first-order valence-corrected chi connectivity index (χ1v) is 15.8. The van der Waals surface area contributed by atoms with Gasteiger partial charge in [-0.25, -0.2) is 4.98 Å². The number of aromatic nitrogens is 2. The molecule has 0 radical (unpaired) electrons. The van der Waals surface area contributed by atoms with Crippen molar-refractivity contribution in [3.05, 3.63) is 76.0 Å². The van der Waals surface area contributed by atoms with E-state index in [0.717, 1.165) is 66.8 Å². The molecular weight excluding hydrogens is 576 g/mol. The largest absolute Gasteiger partial charge is 0.370 e. The SMILES string of the molecule is CN(CCCCN/C(=N\CCSCc1csc(NC(=N)N)n1)NC#N)CCC(c1ccc(Cl)cc1)c1ccccn1. The van der Waals surface area contributed by atoms with E-state index in [9.17, 15) is 0 Å². The standard InChI is InChI=1S/C28H37ClN10S2/c1-39(16-11-24(25-6-2-3-12-33-25)21-7-9-22(29)10-8-21)15-5-4-13-34-27(36-20-30)35-14-17-40-18-23-19-41-28(37-23)38-26(31)32/h2-3,6-10,12,19,24H,4-5,11,13-18H2,1H3,(H2,34,35,36)(H4,31,32,37,38). The van der Waals surface area contributed by atoms with E-state index < -0.39 is 0 Å². The number of aliphatic imine (C=N–C) groups is 1. The number of nitrogens with two attached hydrogens (primary N) is 1. The van der Waals surface area contributed by atoms with Gasteiger partial charge in [-0.15, -0.1) is 11.3 Å². The summed E-state index contributed by atoms with van der Waals surface area (Å²) in [6.07, 6.45) is 6.76. The number of thiazole rings is 1. The number of hydrogen-bond acceptors (Lipinski definition) is 8. The average molecular weight is 613 g/mol. The Balaban J connectivity index is 1.33. The fraction of sp³-hybridized carbons (Fsp3) is 0.393. The molecule has 1 aromatic carbocycles. The maximum absolute atomic E-state index is 9.07. The van der Waals surface area contributed by atoms with Crippen LogP contribution in [0.15, 0.2) is 59.0 Å². The van der Waals surface area contributed by atoms with Gasteiger partial charge in [-0.2, -0.15) is 17.0 Å². The van der Waals surface area contributed by atoms with Crippen LogP contribution in [0.2, 0.25) is 5.02 Å². The number of rotatable bonds is 16. The smallest absolute Gasteiger partial charge is 0.204 e. The Morgan fingerprint density at radius 2 is 2.07 bits per heavy atom. The van der Waals surface area contributed by atoms with E-state index >= 15 is 0 Å². The number of guanidine groups is 2. The summed E-state index contributed by atoms with van der Waals surface area (Å²) in [6, 6.07) is 14.1. The van der Waals surface area contributed by atoms with Crippen molar-refractivity contribution in [3.63, 3.8) is 0 Å². The third-order valence-corrected chi connectivity index (χ3v) is 8.13. The molecule has 0 aliphatic heterocycles. The van der Waals surface area contributed by atoms with Crippen LogP contribution < -0.4 is 21.7 Å². The second kappa shape index (κ2) is 18.1. The van der Waals surface area contributed by atoms with Gasteiger partial charge in [0.2, 0.25) is 5.96 Å². The quantitative estimate of drug-likeness (QED) is 0.0510. The fourth-order valence-corrected chi connectivity index (χ4v) is 5.75. The van der Waals surface area contributed by atoms with E-state index in [1.54, 1.807) is 11.8 Å². The first-order chi connectivity index (χ1) is 19.9. The first kappa shape index (κ1) is 32.1. The molecule has 3 aromatic rings. The van der Waals surface area contributed by atoms with Crippen molar-refractivity contribution >= 4 is 51.8 Å². The lowest BCUT2D eigenvalue weighted by Gasteiger charge is -2.22. The Hall–Kier alpha value is -3.37. The van der Waals surface area contributed by atoms with E-state index in [2.05, 4.69) is 61.1 Å². The van der Waals surface area contributed by atoms with E-state index in [4.69, 9.17) is 28.0 Å². The molecule has 0 aliphatic rings. The molecule has 2 aromatic heterocycles. The number of anilines is 1. The van der Waals surface area contributed by atoms with Crippen LogP contribution in [0.1, 0.15) is 42.1 Å². The van der Waals surface area contributed by atoms with Gasteiger partial charge in [-0.1, -0.05) is 29.8 Å². The number of nitriles is 1. The van der Waals surface area contributed by atoms with Crippen LogP contribution in [0, 0.1) is 16.9 Å². The summed E-state index contributed by atoms with van der Waals surface area (Å²) in [7, 11) is 2.15. The van der Waals surface area contributed by atoms with Crippen LogP contribution in [-0.4, -0.2) is 65.8 Å². The van der Waals surface area contributed by atoms with Gasteiger partial charge in [0.25, 0.3) is 0 Å². The summed E-state index contributed by atoms with van der Waals surface area (Å²) in [5.74, 6) is 2.14. The van der Waals surface area contributed by atoms with Gasteiger partial charge in [-0.05, 0) is 69.2 Å². The zero-order valence-electron chi connectivity index (χ0n) is 23.1. The molecule has 0 fully saturated rings. The highest BCUT2D eigenvalue weighted by Gasteiger charge is 2.16. The predicted octanol–water partition coefficient (Wildman–Crippen LogP) is 4.68. The van der Waals surface area contributed by atoms with Gasteiger partial charge in [0.1, 0.15) is 0 Å². The summed E-state index contributed by atoms with van der Waals surface area (Å²) >= 11 is 9.24. The second-order valence-electron chi connectivity index (χ2n) is 9.29. The van der Waals surface area contributed by atoms with Gasteiger partial charge in [-0.3, -0.25) is 20.7 Å². The van der Waals surface area contributed by atoms with Crippen LogP contribution >= 0.6 is 34.7 Å². The Kier molecular flexibility index (Phi) is 14.2. The molecule has 3 rings (SSSR count). The molecule has 0 saturated carbocycles. The maximum Gasteiger partial charge on any atom is 0.204 e. The average Bonchev–Trinajstić information content (AvgIpc) is 3.40. The molecule has 218 valence electrons. The number of nitrogens with zero attached hydrogens (tertiary/aromatic N) is 5. The highest BCUT2D eigenvalue weighted by atomic mass is 35.5. The minimum atomic E-state index is -0.120. The van der Waals surface area contributed by atoms with E-state index in [0.29, 0.717) is 17.6 Å². The highest BCUT2D eigenvalue weighted by Crippen LogP contribution is 2.28. The first-order valence-electron chi connectivity index (χ1n) is 13.4. The number of halogens is 1. The number of thioether (sulfide) groups is 1. The van der Waals surface area contributed by atoms with Crippen LogP contribution in [0.5, 0.6) is 0 Å². The van der Waals surface area contributed by atoms with Gasteiger partial charge in [0.15, 0.2) is 17.3 Å². The minimum absolute atomic E-state index is 0.120. The van der Waals surface area contributed by atoms with Gasteiger partial charge in [0.05, 0.1) is 12.2 Å². The Morgan fingerprint density at radius 3 is 2.80 bits per heavy atom. The van der Waals surface area contributed by atoms with Gasteiger partial charge < -0.3 is 21.3 Å². The molecule has 1 unspecified atom stereocenters. The summed E-state index contributed by atoms with van der Waals surface area (Å²) in [4.78, 5) is 15.8. The number of unbranched alkanes of at least 4 members (excludes halogenated alkanes) is 1. The fourth-order valence-electron chi connectivity index (χ4n) is 4.07. The lowest BCUT2D eigenvalue weighted by atomic mass is 9.92. The highest BCUT2D eigenvalue weighted by molar-refractivity contribution is 7.98. The summed E-state index contributed by atoms with van der Waals surface area (Å²) in [5.41, 5.74) is 8.56. The van der Waals surface area contributed by atoms with Crippen molar-refractivity contribution in [2.75, 3.05) is 44.3 Å². The molecule has 13 heteroatoms. The van der Waals surface area contributed by atoms with Crippen molar-refractivity contribution in [2.24, 2.45) is 10.7 Å². The van der Waals surface area contributed by atoms with E-state index in [-0.39, 0.29) is 11.9 Å². The van der Waals surface area contributed by atoms with Crippen molar-refractivity contribution in [2.45, 2.75) is 30.9 Å². The topological polar surface area (TPSA) is 151 Å². The van der Waals surface area contributed by atoms with Gasteiger partial charge >= 0.3 is 0 Å². The third kappa shape index (κ3) is 12.4. The minimum Gasteiger partial charge on any atom is -0.370 e. The van der Waals surface area contributed by atoms with E-state index in [1.807, 2.05) is 42.0 Å². The Labute approximate surface area is 255 Å². The van der Waals surface area contributed by atoms with Gasteiger partial charge in [0, 0.05) is 46.3 Å². The molecule has 1 atom stereocenters. The molecule has 0 aliphatic carbocycles. The molecule has 6 N–H and O–H groups in total. The predicted molar refractivity (Wildman–Crippen MR) is 172 cm³/mol. The van der Waals surface area contributed by atoms with Crippen LogP contribution in [0.3, 0.4) is 0 Å². The molecular formula is C28H37ClN10S2. The number of pyridine rings is 1. The summed E-state index contributed by atoms with van der Waals surface area (Å²) in [5, 5.41) is 28.2. The lowest BCUT2D eigenvalue weighted by molar-refractivity contribution is 0.315. The molecule has 41 heavy (non-hydrogen) atoms. The monoisotopic (exact) mass is 612 g/mol. The Bertz CT molecular complexity index is 1260. The van der Waals surface area contributed by atoms with Crippen LogP contribution in [-0.2, 0) is 5.75 Å². The zero-order valence-corrected chi connectivity index (χ0v) is 25.5. The molecule has 0 spiro atoms. The van der Waals surface area contributed by atoms with Crippen molar-refractivity contribution in [1.29, 1.82) is 10.7 Å². The Morgan fingerprint density at radius 1 is 1.24 bits per heavy atom. The van der Waals surface area contributed by atoms with Crippen LogP contribution in [0.25, 0.3) is 0 Å². The maximum atomic E-state index is 9.07. The molecule has 0 saturated heterocycles. The second-order valence-corrected chi connectivity index (χ2v) is 11.7. The van der Waals surface area contributed by atoms with Crippen molar-refractivity contribution in [1.82, 2.24) is 25.5 Å². The number of nitrogens with one attached hydrogen (secondary N) is 4. The normalized spacial score (nSPS) is 12.1. The molecule has 0 amide bonds. The molecule has 2 heterocycles.